The van der Waals surface area contributed by atoms with Crippen LogP contribution in [0.5, 0.6) is 0 Å². The molecule has 0 saturated carbocycles. The standard InChI is InChI=1S/C8H17N.C7H14O.C6H12O2/c1-8(2)9-6-4-3-5-7-9;1-6(2)5-7(3)8-4;1-5(2)4-6(7)8-3/h8H,3-7H2,1-2H3;6H,3,5H2,1-2,4H3;5H,4H2,1-3H3. The number of ether oxygens (including phenoxy) is 2. The molecule has 0 aliphatic carbocycles. The SMILES string of the molecule is C=C(CC(C)C)OC.CC(C)N1CCCCC1.COC(=O)CC(C)C. The second-order valence-corrected chi connectivity index (χ2v) is 7.71. The molecular formula is C21H43NO3. The lowest BCUT2D eigenvalue weighted by Gasteiger charge is -2.29. The molecule has 0 spiro atoms. The van der Waals surface area contributed by atoms with Gasteiger partial charge in [0.05, 0.1) is 20.0 Å². The van der Waals surface area contributed by atoms with Gasteiger partial charge >= 0.3 is 5.97 Å². The summed E-state index contributed by atoms with van der Waals surface area (Å²) in [5, 5.41) is 0. The van der Waals surface area contributed by atoms with E-state index in [-0.39, 0.29) is 5.97 Å². The fraction of sp³-hybridized carbons (Fsp3) is 0.857. The first-order valence-electron chi connectivity index (χ1n) is 9.66. The molecule has 1 aliphatic rings. The Morgan fingerprint density at radius 3 is 1.56 bits per heavy atom. The lowest BCUT2D eigenvalue weighted by Crippen LogP contribution is -2.35. The highest BCUT2D eigenvalue weighted by Gasteiger charge is 2.11. The van der Waals surface area contributed by atoms with E-state index in [9.17, 15) is 4.79 Å². The number of hydrogen-bond donors (Lipinski definition) is 0. The third kappa shape index (κ3) is 19.1. The second kappa shape index (κ2) is 16.4. The summed E-state index contributed by atoms with van der Waals surface area (Å²) in [5.41, 5.74) is 0. The van der Waals surface area contributed by atoms with E-state index in [1.165, 1.54) is 39.5 Å². The topological polar surface area (TPSA) is 38.8 Å². The molecule has 0 amide bonds. The van der Waals surface area contributed by atoms with E-state index in [2.05, 4.69) is 43.9 Å². The minimum Gasteiger partial charge on any atom is -0.502 e. The maximum atomic E-state index is 10.4. The number of carbonyl (C=O) groups is 1. The molecule has 4 heteroatoms. The first-order valence-corrected chi connectivity index (χ1v) is 9.66. The van der Waals surface area contributed by atoms with Crippen LogP contribution in [0, 0.1) is 11.8 Å². The fourth-order valence-corrected chi connectivity index (χ4v) is 2.39. The Balaban J connectivity index is 0. The Hall–Kier alpha value is -1.03. The molecule has 0 aromatic rings. The highest BCUT2D eigenvalue weighted by atomic mass is 16.5. The van der Waals surface area contributed by atoms with Gasteiger partial charge in [0.2, 0.25) is 0 Å². The Bertz CT molecular complexity index is 310. The van der Waals surface area contributed by atoms with Gasteiger partial charge in [0.25, 0.3) is 0 Å². The zero-order chi connectivity index (χ0) is 19.8. The number of esters is 1. The number of nitrogens with zero attached hydrogens (tertiary/aromatic N) is 1. The number of likely N-dealkylation sites (tertiary alicyclic amines) is 1. The van der Waals surface area contributed by atoms with Gasteiger partial charge < -0.3 is 14.4 Å². The summed E-state index contributed by atoms with van der Waals surface area (Å²) < 4.78 is 9.29. The minimum absolute atomic E-state index is 0.125. The van der Waals surface area contributed by atoms with Crippen molar-refractivity contribution in [2.75, 3.05) is 27.3 Å². The molecule has 1 heterocycles. The zero-order valence-electron chi connectivity index (χ0n) is 18.1. The third-order valence-electron chi connectivity index (χ3n) is 3.85. The van der Waals surface area contributed by atoms with Gasteiger partial charge in [-0.25, -0.2) is 0 Å². The summed E-state index contributed by atoms with van der Waals surface area (Å²) in [6.07, 6.45) is 5.77. The van der Waals surface area contributed by atoms with Crippen molar-refractivity contribution in [2.45, 2.75) is 79.7 Å². The van der Waals surface area contributed by atoms with Crippen LogP contribution in [-0.2, 0) is 14.3 Å². The third-order valence-corrected chi connectivity index (χ3v) is 3.85. The van der Waals surface area contributed by atoms with E-state index in [0.29, 0.717) is 18.3 Å². The first kappa shape index (κ1) is 26.2. The average molecular weight is 358 g/mol. The molecule has 4 nitrogen and oxygen atoms in total. The summed E-state index contributed by atoms with van der Waals surface area (Å²) in [4.78, 5) is 13.0. The number of carbonyl (C=O) groups excluding carboxylic acids is 1. The molecule has 1 saturated heterocycles. The van der Waals surface area contributed by atoms with Crippen LogP contribution in [0.4, 0.5) is 0 Å². The van der Waals surface area contributed by atoms with Gasteiger partial charge in [-0.05, 0) is 51.6 Å². The number of rotatable bonds is 6. The largest absolute Gasteiger partial charge is 0.502 e. The van der Waals surface area contributed by atoms with Gasteiger partial charge in [0.1, 0.15) is 0 Å². The van der Waals surface area contributed by atoms with Crippen molar-refractivity contribution >= 4 is 5.97 Å². The number of allylic oxidation sites excluding steroid dienone is 1. The predicted molar refractivity (Wildman–Crippen MR) is 108 cm³/mol. The quantitative estimate of drug-likeness (QED) is 0.479. The van der Waals surface area contributed by atoms with Crippen molar-refractivity contribution in [1.82, 2.24) is 4.90 Å². The van der Waals surface area contributed by atoms with E-state index in [4.69, 9.17) is 4.74 Å². The molecule has 25 heavy (non-hydrogen) atoms. The molecule has 0 unspecified atom stereocenters. The van der Waals surface area contributed by atoms with Crippen molar-refractivity contribution in [1.29, 1.82) is 0 Å². The summed E-state index contributed by atoms with van der Waals surface area (Å²) in [7, 11) is 3.06. The first-order chi connectivity index (χ1) is 11.6. The van der Waals surface area contributed by atoms with Crippen LogP contribution in [0.3, 0.4) is 0 Å². The van der Waals surface area contributed by atoms with E-state index in [1.807, 2.05) is 13.8 Å². The molecular weight excluding hydrogens is 314 g/mol. The highest BCUT2D eigenvalue weighted by Crippen LogP contribution is 2.10. The lowest BCUT2D eigenvalue weighted by atomic mass is 10.1. The second-order valence-electron chi connectivity index (χ2n) is 7.71. The molecule has 1 rings (SSSR count). The van der Waals surface area contributed by atoms with Crippen molar-refractivity contribution < 1.29 is 14.3 Å². The molecule has 1 fully saturated rings. The smallest absolute Gasteiger partial charge is 0.305 e. The van der Waals surface area contributed by atoms with Gasteiger partial charge in [0, 0.05) is 18.9 Å². The Morgan fingerprint density at radius 2 is 1.36 bits per heavy atom. The maximum Gasteiger partial charge on any atom is 0.305 e. The van der Waals surface area contributed by atoms with Crippen LogP contribution in [-0.4, -0.2) is 44.2 Å². The van der Waals surface area contributed by atoms with Gasteiger partial charge in [-0.3, -0.25) is 4.79 Å². The number of hydrogen-bond acceptors (Lipinski definition) is 4. The highest BCUT2D eigenvalue weighted by molar-refractivity contribution is 5.69. The van der Waals surface area contributed by atoms with E-state index < -0.39 is 0 Å². The Kier molecular flexibility index (Phi) is 17.2. The van der Waals surface area contributed by atoms with Crippen LogP contribution in [0.2, 0.25) is 0 Å². The summed E-state index contributed by atoms with van der Waals surface area (Å²) in [6, 6.07) is 0.769. The number of piperidine rings is 1. The minimum atomic E-state index is -0.125. The Morgan fingerprint density at radius 1 is 0.880 bits per heavy atom. The fourth-order valence-electron chi connectivity index (χ4n) is 2.39. The van der Waals surface area contributed by atoms with Crippen LogP contribution in [0.15, 0.2) is 12.3 Å². The molecule has 0 atom stereocenters. The predicted octanol–water partition coefficient (Wildman–Crippen LogP) is 5.28. The molecule has 0 aromatic heterocycles. The van der Waals surface area contributed by atoms with Gasteiger partial charge in [-0.2, -0.15) is 0 Å². The lowest BCUT2D eigenvalue weighted by molar-refractivity contribution is -0.141. The molecule has 0 N–H and O–H groups in total. The van der Waals surface area contributed by atoms with Gasteiger partial charge in [-0.1, -0.05) is 40.7 Å². The monoisotopic (exact) mass is 357 g/mol. The molecule has 150 valence electrons. The van der Waals surface area contributed by atoms with Crippen molar-refractivity contribution in [3.8, 4) is 0 Å². The van der Waals surface area contributed by atoms with Crippen LogP contribution < -0.4 is 0 Å². The van der Waals surface area contributed by atoms with Crippen LogP contribution >= 0.6 is 0 Å². The number of methoxy groups -OCH3 is 2. The van der Waals surface area contributed by atoms with Crippen LogP contribution in [0.25, 0.3) is 0 Å². The molecule has 0 aromatic carbocycles. The van der Waals surface area contributed by atoms with E-state index in [0.717, 1.165) is 18.2 Å². The summed E-state index contributed by atoms with van der Waals surface area (Å²) in [5.74, 6) is 1.81. The van der Waals surface area contributed by atoms with Gasteiger partial charge in [0.15, 0.2) is 0 Å². The summed E-state index contributed by atoms with van der Waals surface area (Å²) >= 11 is 0. The van der Waals surface area contributed by atoms with Crippen LogP contribution in [0.1, 0.15) is 73.6 Å². The average Bonchev–Trinajstić information content (AvgIpc) is 2.55. The van der Waals surface area contributed by atoms with E-state index >= 15 is 0 Å². The Labute approximate surface area is 157 Å². The maximum absolute atomic E-state index is 10.4. The van der Waals surface area contributed by atoms with E-state index in [1.54, 1.807) is 7.11 Å². The van der Waals surface area contributed by atoms with Crippen molar-refractivity contribution in [2.24, 2.45) is 11.8 Å². The van der Waals surface area contributed by atoms with Crippen molar-refractivity contribution in [3.63, 3.8) is 0 Å². The molecule has 0 bridgehead atoms. The summed E-state index contributed by atoms with van der Waals surface area (Å²) in [6.45, 7) is 19.2. The van der Waals surface area contributed by atoms with Crippen molar-refractivity contribution in [3.05, 3.63) is 12.3 Å². The zero-order valence-corrected chi connectivity index (χ0v) is 18.1. The molecule has 1 aliphatic heterocycles. The van der Waals surface area contributed by atoms with Gasteiger partial charge in [-0.15, -0.1) is 0 Å². The molecule has 0 radical (unpaired) electrons. The normalized spacial score (nSPS) is 14.4.